The average molecular weight is 546 g/mol. The van der Waals surface area contributed by atoms with Crippen LogP contribution in [0.3, 0.4) is 0 Å². The van der Waals surface area contributed by atoms with Crippen molar-refractivity contribution in [3.8, 4) is 0 Å². The Morgan fingerprint density at radius 1 is 1.23 bits per heavy atom. The molecule has 218 valence electrons. The third-order valence-corrected chi connectivity index (χ3v) is 9.74. The summed E-state index contributed by atoms with van der Waals surface area (Å²) in [7, 11) is 3.32. The van der Waals surface area contributed by atoms with Crippen LogP contribution in [-0.4, -0.2) is 81.5 Å². The Morgan fingerprint density at radius 2 is 1.85 bits per heavy atom. The highest BCUT2D eigenvalue weighted by Crippen LogP contribution is 2.62. The summed E-state index contributed by atoms with van der Waals surface area (Å²) in [5.41, 5.74) is -2.56. The highest BCUT2D eigenvalue weighted by Gasteiger charge is 2.73. The number of amidine groups is 1. The second kappa shape index (κ2) is 10.8. The molecule has 39 heavy (non-hydrogen) atoms. The van der Waals surface area contributed by atoms with Crippen molar-refractivity contribution in [3.05, 3.63) is 35.1 Å². The molecule has 4 rings (SSSR count). The molecule has 0 aromatic heterocycles. The first-order valence-electron chi connectivity index (χ1n) is 14.0. The molecule has 1 fully saturated rings. The molecule has 0 aromatic rings. The van der Waals surface area contributed by atoms with Crippen LogP contribution < -0.4 is 0 Å². The number of hydrazone groups is 1. The SMILES string of the molecule is CC.CC1=CC23C(=O)C(C=C(CO)C(O)C2(O)C1OC(=O)N(C)C1=NN(C)C(C)=CC1)C(C)(C)C(C)C[C@H]3C. The number of allylic oxidation sites excluding steroid dienone is 2. The van der Waals surface area contributed by atoms with Gasteiger partial charge in [-0.15, -0.1) is 0 Å². The van der Waals surface area contributed by atoms with Crippen molar-refractivity contribution in [3.63, 3.8) is 0 Å². The Hall–Kier alpha value is -2.49. The van der Waals surface area contributed by atoms with E-state index in [1.54, 1.807) is 38.2 Å². The first-order valence-corrected chi connectivity index (χ1v) is 14.0. The van der Waals surface area contributed by atoms with Crippen LogP contribution in [0, 0.1) is 28.6 Å². The lowest BCUT2D eigenvalue weighted by molar-refractivity contribution is -0.190. The van der Waals surface area contributed by atoms with Crippen molar-refractivity contribution >= 4 is 17.7 Å². The van der Waals surface area contributed by atoms with Gasteiger partial charge >= 0.3 is 6.09 Å². The van der Waals surface area contributed by atoms with Gasteiger partial charge in [0.25, 0.3) is 0 Å². The topological polar surface area (TPSA) is 123 Å². The minimum Gasteiger partial charge on any atom is -0.438 e. The highest BCUT2D eigenvalue weighted by atomic mass is 16.6. The molecule has 3 aliphatic carbocycles. The fraction of sp³-hybridized carbons (Fsp3) is 0.700. The van der Waals surface area contributed by atoms with Gasteiger partial charge < -0.3 is 20.1 Å². The molecule has 0 saturated heterocycles. The zero-order valence-electron chi connectivity index (χ0n) is 25.1. The Bertz CT molecular complexity index is 1120. The van der Waals surface area contributed by atoms with Crippen LogP contribution in [0.15, 0.2) is 40.2 Å². The van der Waals surface area contributed by atoms with Gasteiger partial charge in [-0.2, -0.15) is 5.10 Å². The number of amides is 1. The van der Waals surface area contributed by atoms with E-state index in [-0.39, 0.29) is 23.2 Å². The standard InChI is InChI=1S/C28H41N3O6.C2H6/c1-15-13-27-17(3)11-16(2)26(5,6)20(23(27)34)12-19(14-32)22(33)28(27,36)24(15)37-25(35)30(7)21-10-9-18(4)31(8)29-21;1-2/h9,12-13,16-17,20,22,24,32-33,36H,10-11,14H2,1-8H3;1-2H3/t16?,17-,20?,22?,24?,27?,28?;/m1./s1. The minimum absolute atomic E-state index is 0.116. The molecule has 1 aliphatic heterocycles. The van der Waals surface area contributed by atoms with E-state index in [1.165, 1.54) is 4.90 Å². The molecule has 0 radical (unpaired) electrons. The van der Waals surface area contributed by atoms with Crippen molar-refractivity contribution in [2.24, 2.45) is 33.7 Å². The van der Waals surface area contributed by atoms with Crippen molar-refractivity contribution in [2.45, 2.75) is 86.0 Å². The lowest BCUT2D eigenvalue weighted by Crippen LogP contribution is -2.66. The van der Waals surface area contributed by atoms with Crippen LogP contribution >= 0.6 is 0 Å². The van der Waals surface area contributed by atoms with Crippen LogP contribution in [0.1, 0.15) is 68.2 Å². The number of hydrogen-bond acceptors (Lipinski definition) is 8. The number of aliphatic hydroxyl groups excluding tert-OH is 2. The molecule has 1 amide bonds. The van der Waals surface area contributed by atoms with Crippen LogP contribution in [0.4, 0.5) is 4.79 Å². The van der Waals surface area contributed by atoms with Gasteiger partial charge in [0.2, 0.25) is 0 Å². The summed E-state index contributed by atoms with van der Waals surface area (Å²) in [6.07, 6.45) is 2.69. The van der Waals surface area contributed by atoms with Gasteiger partial charge in [0.15, 0.2) is 17.5 Å². The number of fused-ring (bicyclic) bond motifs is 1. The number of rotatable bonds is 2. The lowest BCUT2D eigenvalue weighted by Gasteiger charge is -2.48. The van der Waals surface area contributed by atoms with Gasteiger partial charge in [0, 0.05) is 32.1 Å². The smallest absolute Gasteiger partial charge is 0.415 e. The molecule has 1 spiro atoms. The van der Waals surface area contributed by atoms with E-state index in [9.17, 15) is 24.9 Å². The zero-order valence-corrected chi connectivity index (χ0v) is 25.1. The summed E-state index contributed by atoms with van der Waals surface area (Å²) in [5, 5.41) is 40.5. The van der Waals surface area contributed by atoms with E-state index in [2.05, 4.69) is 12.0 Å². The molecule has 2 bridgehead atoms. The number of nitrogens with zero attached hydrogens (tertiary/aromatic N) is 3. The van der Waals surface area contributed by atoms with Gasteiger partial charge in [-0.05, 0) is 48.7 Å². The Balaban J connectivity index is 0.00000205. The quantitative estimate of drug-likeness (QED) is 0.450. The van der Waals surface area contributed by atoms with Crippen LogP contribution in [-0.2, 0) is 9.53 Å². The van der Waals surface area contributed by atoms with E-state index < -0.39 is 47.3 Å². The third kappa shape index (κ3) is 4.46. The maximum atomic E-state index is 14.4. The fourth-order valence-electron chi connectivity index (χ4n) is 6.81. The second-order valence-electron chi connectivity index (χ2n) is 12.0. The molecule has 4 aliphatic rings. The summed E-state index contributed by atoms with van der Waals surface area (Å²) in [6, 6.07) is 0. The molecule has 6 unspecified atom stereocenters. The number of Topliss-reactive ketones (excluding diaryl/α,β-unsaturated/α-hetero) is 1. The minimum atomic E-state index is -2.19. The first kappa shape index (κ1) is 31.0. The maximum Gasteiger partial charge on any atom is 0.415 e. The predicted octanol–water partition coefficient (Wildman–Crippen LogP) is 3.86. The Labute approximate surface area is 232 Å². The van der Waals surface area contributed by atoms with Crippen LogP contribution in [0.2, 0.25) is 0 Å². The first-order chi connectivity index (χ1) is 18.1. The number of carbonyl (C=O) groups excluding carboxylic acids is 2. The van der Waals surface area contributed by atoms with Gasteiger partial charge in [0.1, 0.15) is 11.9 Å². The molecule has 3 N–H and O–H groups in total. The van der Waals surface area contributed by atoms with Gasteiger partial charge in [-0.1, -0.05) is 59.8 Å². The summed E-state index contributed by atoms with van der Waals surface area (Å²) < 4.78 is 5.92. The van der Waals surface area contributed by atoms with E-state index in [0.717, 1.165) is 5.70 Å². The van der Waals surface area contributed by atoms with Gasteiger partial charge in [-0.25, -0.2) is 4.79 Å². The number of aliphatic hydroxyl groups is 3. The highest BCUT2D eigenvalue weighted by molar-refractivity contribution is 5.97. The molecule has 9 nitrogen and oxygen atoms in total. The van der Waals surface area contributed by atoms with E-state index in [4.69, 9.17) is 4.74 Å². The van der Waals surface area contributed by atoms with E-state index in [1.807, 2.05) is 47.6 Å². The van der Waals surface area contributed by atoms with E-state index in [0.29, 0.717) is 24.3 Å². The largest absolute Gasteiger partial charge is 0.438 e. The molecule has 1 heterocycles. The molecule has 7 atom stereocenters. The average Bonchev–Trinajstić information content (AvgIpc) is 3.07. The normalized spacial score (nSPS) is 37.1. The fourth-order valence-corrected chi connectivity index (χ4v) is 6.81. The van der Waals surface area contributed by atoms with E-state index >= 15 is 0 Å². The predicted molar refractivity (Wildman–Crippen MR) is 150 cm³/mol. The van der Waals surface area contributed by atoms with Crippen LogP contribution in [0.25, 0.3) is 0 Å². The van der Waals surface area contributed by atoms with Crippen molar-refractivity contribution in [1.29, 1.82) is 0 Å². The number of ether oxygens (including phenoxy) is 1. The third-order valence-electron chi connectivity index (χ3n) is 9.74. The summed E-state index contributed by atoms with van der Waals surface area (Å²) >= 11 is 0. The molecule has 0 aromatic carbocycles. The van der Waals surface area contributed by atoms with Crippen LogP contribution in [0.5, 0.6) is 0 Å². The molecular formula is C30H47N3O6. The molecule has 9 heteroatoms. The second-order valence-corrected chi connectivity index (χ2v) is 12.0. The van der Waals surface area contributed by atoms with Crippen molar-refractivity contribution in [1.82, 2.24) is 9.91 Å². The molecule has 1 saturated carbocycles. The van der Waals surface area contributed by atoms with Crippen molar-refractivity contribution < 1.29 is 29.6 Å². The van der Waals surface area contributed by atoms with Gasteiger partial charge in [-0.3, -0.25) is 14.7 Å². The Morgan fingerprint density at radius 3 is 2.41 bits per heavy atom. The Kier molecular flexibility index (Phi) is 8.61. The summed E-state index contributed by atoms with van der Waals surface area (Å²) in [4.78, 5) is 29.1. The summed E-state index contributed by atoms with van der Waals surface area (Å²) in [5.74, 6) is -0.630. The van der Waals surface area contributed by atoms with Gasteiger partial charge in [0.05, 0.1) is 12.0 Å². The van der Waals surface area contributed by atoms with Crippen molar-refractivity contribution in [2.75, 3.05) is 20.7 Å². The molecular weight excluding hydrogens is 498 g/mol. The number of ketones is 1. The maximum absolute atomic E-state index is 14.4. The monoisotopic (exact) mass is 545 g/mol. The number of hydrogen-bond donors (Lipinski definition) is 3. The lowest BCUT2D eigenvalue weighted by atomic mass is 9.59. The number of carbonyl (C=O) groups is 2. The summed E-state index contributed by atoms with van der Waals surface area (Å²) in [6.45, 7) is 15.1. The zero-order chi connectivity index (χ0) is 29.7.